The molecule has 0 bridgehead atoms. The van der Waals surface area contributed by atoms with Gasteiger partial charge in [0, 0.05) is 6.07 Å². The molecule has 3 heterocycles. The quantitative estimate of drug-likeness (QED) is 0.565. The number of nitrogens with one attached hydrogen (secondary N) is 1. The number of carbonyl (C=O) groups is 1. The van der Waals surface area contributed by atoms with E-state index < -0.39 is 0 Å². The molecule has 0 atom stereocenters. The third-order valence-corrected chi connectivity index (χ3v) is 5.56. The Balaban J connectivity index is 1.67. The molecule has 1 N–H and O–H groups in total. The second kappa shape index (κ2) is 6.93. The maximum absolute atomic E-state index is 12.7. The Kier molecular flexibility index (Phi) is 4.48. The molecule has 4 aromatic rings. The zero-order valence-electron chi connectivity index (χ0n) is 14.3. The first-order valence-electron chi connectivity index (χ1n) is 8.21. The highest BCUT2D eigenvalue weighted by Crippen LogP contribution is 2.27. The number of nitrogens with zero attached hydrogens (tertiary/aromatic N) is 5. The van der Waals surface area contributed by atoms with Crippen molar-refractivity contribution in [1.29, 1.82) is 0 Å². The van der Waals surface area contributed by atoms with Crippen molar-refractivity contribution in [3.8, 4) is 5.13 Å². The summed E-state index contributed by atoms with van der Waals surface area (Å²) in [4.78, 5) is 17.9. The van der Waals surface area contributed by atoms with E-state index in [1.165, 1.54) is 11.3 Å². The molecule has 1 amide bonds. The van der Waals surface area contributed by atoms with Crippen LogP contribution in [0.2, 0.25) is 0 Å². The molecule has 0 fully saturated rings. The van der Waals surface area contributed by atoms with Gasteiger partial charge in [-0.15, -0.1) is 5.10 Å². The smallest absolute Gasteiger partial charge is 0.270 e. The SMILES string of the molecule is CCCc1nnsc1C(=O)Nc1cc(C)nn1-c1nc2ccccc2s1. The molecule has 0 saturated heterocycles. The molecule has 132 valence electrons. The van der Waals surface area contributed by atoms with Crippen LogP contribution in [0.5, 0.6) is 0 Å². The first-order valence-corrected chi connectivity index (χ1v) is 9.80. The van der Waals surface area contributed by atoms with Crippen LogP contribution in [0, 0.1) is 6.92 Å². The minimum absolute atomic E-state index is 0.217. The molecule has 0 unspecified atom stereocenters. The van der Waals surface area contributed by atoms with Gasteiger partial charge in [0.05, 0.1) is 21.6 Å². The summed E-state index contributed by atoms with van der Waals surface area (Å²) < 4.78 is 6.66. The third kappa shape index (κ3) is 3.11. The zero-order chi connectivity index (χ0) is 18.1. The van der Waals surface area contributed by atoms with Crippen LogP contribution in [0.25, 0.3) is 15.3 Å². The highest BCUT2D eigenvalue weighted by molar-refractivity contribution is 7.20. The predicted octanol–water partition coefficient (Wildman–Crippen LogP) is 3.85. The average Bonchev–Trinajstić information content (AvgIpc) is 3.32. The molecule has 0 aliphatic carbocycles. The van der Waals surface area contributed by atoms with Crippen LogP contribution in [0.4, 0.5) is 5.82 Å². The molecule has 0 aliphatic heterocycles. The lowest BCUT2D eigenvalue weighted by Gasteiger charge is -2.05. The van der Waals surface area contributed by atoms with Crippen molar-refractivity contribution in [3.05, 3.63) is 46.6 Å². The summed E-state index contributed by atoms with van der Waals surface area (Å²) >= 11 is 2.64. The van der Waals surface area contributed by atoms with E-state index in [1.54, 1.807) is 4.68 Å². The molecule has 4 rings (SSSR count). The van der Waals surface area contributed by atoms with Gasteiger partial charge in [0.2, 0.25) is 5.13 Å². The number of anilines is 1. The van der Waals surface area contributed by atoms with E-state index in [4.69, 9.17) is 0 Å². The molecule has 7 nitrogen and oxygen atoms in total. The summed E-state index contributed by atoms with van der Waals surface area (Å²) in [5, 5.41) is 12.2. The fourth-order valence-corrected chi connectivity index (χ4v) is 4.17. The fraction of sp³-hybridized carbons (Fsp3) is 0.235. The molecule has 0 spiro atoms. The Morgan fingerprint density at radius 3 is 2.96 bits per heavy atom. The fourth-order valence-electron chi connectivity index (χ4n) is 2.64. The van der Waals surface area contributed by atoms with Crippen molar-refractivity contribution in [3.63, 3.8) is 0 Å². The number of para-hydroxylation sites is 1. The summed E-state index contributed by atoms with van der Waals surface area (Å²) in [6, 6.07) is 9.75. The summed E-state index contributed by atoms with van der Waals surface area (Å²) in [6.45, 7) is 3.93. The third-order valence-electron chi connectivity index (χ3n) is 3.79. The molecular weight excluding hydrogens is 368 g/mol. The minimum atomic E-state index is -0.217. The van der Waals surface area contributed by atoms with Crippen LogP contribution in [0.15, 0.2) is 30.3 Å². The zero-order valence-corrected chi connectivity index (χ0v) is 15.9. The summed E-state index contributed by atoms with van der Waals surface area (Å²) in [6.07, 6.45) is 1.64. The summed E-state index contributed by atoms with van der Waals surface area (Å²) in [7, 11) is 0. The standard InChI is InChI=1S/C17H16N6OS2/c1-3-6-12-15(26-22-20-12)16(24)19-14-9-10(2)21-23(14)17-18-11-7-4-5-8-13(11)25-17/h4-5,7-9H,3,6H2,1-2H3,(H,19,24). The van der Waals surface area contributed by atoms with E-state index in [0.717, 1.165) is 46.0 Å². The highest BCUT2D eigenvalue weighted by Gasteiger charge is 2.19. The van der Waals surface area contributed by atoms with Crippen molar-refractivity contribution in [2.45, 2.75) is 26.7 Å². The average molecular weight is 384 g/mol. The molecule has 3 aromatic heterocycles. The van der Waals surface area contributed by atoms with Gasteiger partial charge in [-0.05, 0) is 37.0 Å². The monoisotopic (exact) mass is 384 g/mol. The normalized spacial score (nSPS) is 11.2. The van der Waals surface area contributed by atoms with Crippen LogP contribution < -0.4 is 5.32 Å². The van der Waals surface area contributed by atoms with E-state index in [9.17, 15) is 4.79 Å². The van der Waals surface area contributed by atoms with E-state index in [-0.39, 0.29) is 5.91 Å². The van der Waals surface area contributed by atoms with Crippen LogP contribution in [0.1, 0.15) is 34.4 Å². The molecule has 0 radical (unpaired) electrons. The largest absolute Gasteiger partial charge is 0.306 e. The van der Waals surface area contributed by atoms with Gasteiger partial charge in [0.1, 0.15) is 10.7 Å². The van der Waals surface area contributed by atoms with Gasteiger partial charge in [-0.25, -0.2) is 4.98 Å². The number of hydrogen-bond donors (Lipinski definition) is 1. The highest BCUT2D eigenvalue weighted by atomic mass is 32.1. The van der Waals surface area contributed by atoms with Gasteiger partial charge >= 0.3 is 0 Å². The van der Waals surface area contributed by atoms with Crippen LogP contribution >= 0.6 is 22.9 Å². The van der Waals surface area contributed by atoms with Gasteiger partial charge in [-0.3, -0.25) is 4.79 Å². The molecule has 0 saturated carbocycles. The van der Waals surface area contributed by atoms with Gasteiger partial charge in [-0.1, -0.05) is 41.3 Å². The number of rotatable bonds is 5. The first kappa shape index (κ1) is 16.8. The number of aryl methyl sites for hydroxylation is 2. The van der Waals surface area contributed by atoms with E-state index >= 15 is 0 Å². The van der Waals surface area contributed by atoms with Gasteiger partial charge < -0.3 is 5.32 Å². The second-order valence-corrected chi connectivity index (χ2v) is 7.56. The molecular formula is C17H16N6OS2. The molecule has 0 aliphatic rings. The van der Waals surface area contributed by atoms with Crippen molar-refractivity contribution < 1.29 is 4.79 Å². The predicted molar refractivity (Wildman–Crippen MR) is 103 cm³/mol. The Morgan fingerprint density at radius 2 is 2.15 bits per heavy atom. The number of benzene rings is 1. The second-order valence-electron chi connectivity index (χ2n) is 5.80. The lowest BCUT2D eigenvalue weighted by Crippen LogP contribution is -2.15. The van der Waals surface area contributed by atoms with Gasteiger partial charge in [0.15, 0.2) is 0 Å². The van der Waals surface area contributed by atoms with Crippen molar-refractivity contribution in [2.75, 3.05) is 5.32 Å². The van der Waals surface area contributed by atoms with E-state index in [1.807, 2.05) is 44.2 Å². The Morgan fingerprint density at radius 1 is 1.31 bits per heavy atom. The maximum atomic E-state index is 12.7. The number of aromatic nitrogens is 5. The summed E-state index contributed by atoms with van der Waals surface area (Å²) in [5.41, 5.74) is 2.45. The van der Waals surface area contributed by atoms with Crippen molar-refractivity contribution in [2.24, 2.45) is 0 Å². The molecule has 9 heteroatoms. The lowest BCUT2D eigenvalue weighted by atomic mass is 10.2. The topological polar surface area (TPSA) is 85.6 Å². The summed E-state index contributed by atoms with van der Waals surface area (Å²) in [5.74, 6) is 0.369. The van der Waals surface area contributed by atoms with Crippen LogP contribution in [-0.4, -0.2) is 30.3 Å². The number of carbonyl (C=O) groups excluding carboxylic acids is 1. The Hall–Kier alpha value is -2.65. The first-order chi connectivity index (χ1) is 12.7. The maximum Gasteiger partial charge on any atom is 0.270 e. The van der Waals surface area contributed by atoms with Crippen molar-refractivity contribution >= 4 is 44.8 Å². The lowest BCUT2D eigenvalue weighted by molar-refractivity contribution is 0.102. The van der Waals surface area contributed by atoms with E-state index in [2.05, 4.69) is 25.0 Å². The van der Waals surface area contributed by atoms with Gasteiger partial charge in [-0.2, -0.15) is 9.78 Å². The Labute approximate surface area is 157 Å². The van der Waals surface area contributed by atoms with Gasteiger partial charge in [0.25, 0.3) is 5.91 Å². The van der Waals surface area contributed by atoms with Crippen LogP contribution in [-0.2, 0) is 6.42 Å². The van der Waals surface area contributed by atoms with E-state index in [0.29, 0.717) is 15.8 Å². The number of hydrogen-bond acceptors (Lipinski definition) is 7. The van der Waals surface area contributed by atoms with Crippen LogP contribution in [0.3, 0.4) is 0 Å². The number of thiazole rings is 1. The minimum Gasteiger partial charge on any atom is -0.306 e. The number of amides is 1. The Bertz CT molecular complexity index is 1050. The molecule has 26 heavy (non-hydrogen) atoms. The molecule has 1 aromatic carbocycles. The number of fused-ring (bicyclic) bond motifs is 1. The van der Waals surface area contributed by atoms with Crippen molar-refractivity contribution in [1.82, 2.24) is 24.4 Å².